The molecule has 1 saturated carbocycles. The monoisotopic (exact) mass is 436 g/mol. The predicted molar refractivity (Wildman–Crippen MR) is 114 cm³/mol. The van der Waals surface area contributed by atoms with Crippen molar-refractivity contribution in [3.8, 4) is 5.75 Å². The number of likely N-dealkylation sites (tertiary alicyclic amines) is 1. The number of carbonyl (C=O) groups is 1. The molecule has 7 nitrogen and oxygen atoms in total. The average Bonchev–Trinajstić information content (AvgIpc) is 3.59. The summed E-state index contributed by atoms with van der Waals surface area (Å²) in [6, 6.07) is 7.37. The minimum atomic E-state index is -3.22. The lowest BCUT2D eigenvalue weighted by molar-refractivity contribution is -0.123. The normalized spacial score (nSPS) is 24.2. The van der Waals surface area contributed by atoms with Crippen molar-refractivity contribution in [2.75, 3.05) is 32.6 Å². The number of amides is 1. The van der Waals surface area contributed by atoms with Crippen molar-refractivity contribution < 1.29 is 22.7 Å². The van der Waals surface area contributed by atoms with E-state index in [0.717, 1.165) is 44.3 Å². The standard InChI is InChI=1S/C22H32N2O5S/c1-3-30(26,27)24(18-6-7-18)19-10-15-29-22(16-19)11-13-23(14-12-22)21(25)17-4-8-20(28-2)9-5-17/h4-5,8-9,18-19H,3,6-7,10-16H2,1-2H3. The Morgan fingerprint density at radius 1 is 1.17 bits per heavy atom. The molecule has 2 aliphatic heterocycles. The van der Waals surface area contributed by atoms with E-state index in [4.69, 9.17) is 9.47 Å². The second kappa shape index (κ2) is 8.48. The number of benzene rings is 1. The van der Waals surface area contributed by atoms with Crippen LogP contribution in [0.25, 0.3) is 0 Å². The van der Waals surface area contributed by atoms with Gasteiger partial charge in [-0.3, -0.25) is 4.79 Å². The van der Waals surface area contributed by atoms with Crippen LogP contribution in [0.5, 0.6) is 5.75 Å². The number of nitrogens with zero attached hydrogens (tertiary/aromatic N) is 2. The maximum atomic E-state index is 12.9. The third-order valence-electron chi connectivity index (χ3n) is 6.72. The van der Waals surface area contributed by atoms with Crippen LogP contribution in [0.4, 0.5) is 0 Å². The fraction of sp³-hybridized carbons (Fsp3) is 0.682. The van der Waals surface area contributed by atoms with Crippen LogP contribution < -0.4 is 4.74 Å². The summed E-state index contributed by atoms with van der Waals surface area (Å²) in [5.41, 5.74) is 0.332. The zero-order chi connectivity index (χ0) is 21.4. The lowest BCUT2D eigenvalue weighted by atomic mass is 9.82. The van der Waals surface area contributed by atoms with Gasteiger partial charge in [0.15, 0.2) is 0 Å². The first-order chi connectivity index (χ1) is 14.4. The highest BCUT2D eigenvalue weighted by Gasteiger charge is 2.48. The van der Waals surface area contributed by atoms with Crippen molar-refractivity contribution in [1.82, 2.24) is 9.21 Å². The molecule has 1 aromatic rings. The lowest BCUT2D eigenvalue weighted by Gasteiger charge is -2.48. The fourth-order valence-electron chi connectivity index (χ4n) is 4.83. The third-order valence-corrected chi connectivity index (χ3v) is 8.69. The molecule has 1 unspecified atom stereocenters. The van der Waals surface area contributed by atoms with Crippen molar-refractivity contribution in [2.45, 2.75) is 63.1 Å². The van der Waals surface area contributed by atoms with Gasteiger partial charge in [-0.2, -0.15) is 4.31 Å². The molecule has 1 amide bonds. The number of rotatable bonds is 6. The zero-order valence-corrected chi connectivity index (χ0v) is 18.7. The largest absolute Gasteiger partial charge is 0.497 e. The molecule has 1 spiro atoms. The molecule has 1 aromatic carbocycles. The Morgan fingerprint density at radius 3 is 2.40 bits per heavy atom. The van der Waals surface area contributed by atoms with E-state index in [-0.39, 0.29) is 29.3 Å². The summed E-state index contributed by atoms with van der Waals surface area (Å²) < 4.78 is 38.6. The average molecular weight is 437 g/mol. The van der Waals surface area contributed by atoms with Gasteiger partial charge in [0.2, 0.25) is 10.0 Å². The molecule has 2 saturated heterocycles. The molecule has 3 fully saturated rings. The van der Waals surface area contributed by atoms with Crippen LogP contribution in [0.15, 0.2) is 24.3 Å². The number of hydrogen-bond acceptors (Lipinski definition) is 5. The van der Waals surface area contributed by atoms with E-state index in [9.17, 15) is 13.2 Å². The number of hydrogen-bond donors (Lipinski definition) is 0. The number of piperidine rings is 1. The first kappa shape index (κ1) is 21.6. The zero-order valence-electron chi connectivity index (χ0n) is 17.9. The maximum absolute atomic E-state index is 12.9. The van der Waals surface area contributed by atoms with E-state index in [1.165, 1.54) is 0 Å². The number of sulfonamides is 1. The first-order valence-corrected chi connectivity index (χ1v) is 12.6. The van der Waals surface area contributed by atoms with Crippen LogP contribution in [0, 0.1) is 0 Å². The van der Waals surface area contributed by atoms with Crippen molar-refractivity contribution in [2.24, 2.45) is 0 Å². The third kappa shape index (κ3) is 4.36. The smallest absolute Gasteiger partial charge is 0.253 e. The second-order valence-electron chi connectivity index (χ2n) is 8.66. The summed E-state index contributed by atoms with van der Waals surface area (Å²) in [5, 5.41) is 0. The summed E-state index contributed by atoms with van der Waals surface area (Å²) in [6.07, 6.45) is 4.91. The Morgan fingerprint density at radius 2 is 1.83 bits per heavy atom. The maximum Gasteiger partial charge on any atom is 0.253 e. The molecular formula is C22H32N2O5S. The van der Waals surface area contributed by atoms with E-state index < -0.39 is 10.0 Å². The molecule has 30 heavy (non-hydrogen) atoms. The van der Waals surface area contributed by atoms with Crippen molar-refractivity contribution in [1.29, 1.82) is 0 Å². The van der Waals surface area contributed by atoms with Crippen molar-refractivity contribution in [3.05, 3.63) is 29.8 Å². The van der Waals surface area contributed by atoms with E-state index in [0.29, 0.717) is 25.3 Å². The quantitative estimate of drug-likeness (QED) is 0.685. The second-order valence-corrected chi connectivity index (χ2v) is 10.8. The molecule has 0 bridgehead atoms. The van der Waals surface area contributed by atoms with Gasteiger partial charge in [-0.05, 0) is 69.7 Å². The Kier molecular flexibility index (Phi) is 6.10. The van der Waals surface area contributed by atoms with Gasteiger partial charge in [0.05, 0.1) is 18.5 Å². The summed E-state index contributed by atoms with van der Waals surface area (Å²) >= 11 is 0. The lowest BCUT2D eigenvalue weighted by Crippen LogP contribution is -2.56. The number of carbonyl (C=O) groups excluding carboxylic acids is 1. The SMILES string of the molecule is CCS(=O)(=O)N(C1CC1)C1CCOC2(CCN(C(=O)c3ccc(OC)cc3)CC2)C1. The highest BCUT2D eigenvalue weighted by molar-refractivity contribution is 7.89. The Labute approximate surface area is 179 Å². The van der Waals surface area contributed by atoms with E-state index in [1.807, 2.05) is 4.90 Å². The Bertz CT molecular complexity index is 858. The summed E-state index contributed by atoms with van der Waals surface area (Å²) in [6.45, 7) is 3.56. The highest BCUT2D eigenvalue weighted by atomic mass is 32.2. The van der Waals surface area contributed by atoms with Gasteiger partial charge in [-0.15, -0.1) is 0 Å². The summed E-state index contributed by atoms with van der Waals surface area (Å²) in [7, 11) is -1.61. The van der Waals surface area contributed by atoms with Crippen molar-refractivity contribution >= 4 is 15.9 Å². The van der Waals surface area contributed by atoms with Crippen LogP contribution in [0.2, 0.25) is 0 Å². The minimum Gasteiger partial charge on any atom is -0.497 e. The summed E-state index contributed by atoms with van der Waals surface area (Å²) in [4.78, 5) is 14.7. The molecule has 8 heteroatoms. The van der Waals surface area contributed by atoms with Crippen LogP contribution >= 0.6 is 0 Å². The first-order valence-electron chi connectivity index (χ1n) is 11.0. The van der Waals surface area contributed by atoms with Crippen LogP contribution in [0.1, 0.15) is 55.8 Å². The molecule has 2 heterocycles. The van der Waals surface area contributed by atoms with Crippen LogP contribution in [0.3, 0.4) is 0 Å². The highest BCUT2D eigenvalue weighted by Crippen LogP contribution is 2.41. The van der Waals surface area contributed by atoms with E-state index in [2.05, 4.69) is 0 Å². The van der Waals surface area contributed by atoms with Gasteiger partial charge in [0.25, 0.3) is 5.91 Å². The topological polar surface area (TPSA) is 76.2 Å². The van der Waals surface area contributed by atoms with E-state index in [1.54, 1.807) is 42.6 Å². The molecule has 3 aliphatic rings. The van der Waals surface area contributed by atoms with Gasteiger partial charge in [-0.1, -0.05) is 0 Å². The predicted octanol–water partition coefficient (Wildman–Crippen LogP) is 2.66. The van der Waals surface area contributed by atoms with Crippen molar-refractivity contribution in [3.63, 3.8) is 0 Å². The molecule has 4 rings (SSSR count). The molecule has 0 aromatic heterocycles. The molecule has 1 aliphatic carbocycles. The van der Waals surface area contributed by atoms with Gasteiger partial charge < -0.3 is 14.4 Å². The minimum absolute atomic E-state index is 0.0139. The molecule has 1 atom stereocenters. The van der Waals surface area contributed by atoms with Crippen LogP contribution in [-0.4, -0.2) is 73.8 Å². The van der Waals surface area contributed by atoms with Gasteiger partial charge in [0.1, 0.15) is 5.75 Å². The van der Waals surface area contributed by atoms with Crippen LogP contribution in [-0.2, 0) is 14.8 Å². The molecule has 0 radical (unpaired) electrons. The van der Waals surface area contributed by atoms with Gasteiger partial charge in [-0.25, -0.2) is 8.42 Å². The Balaban J connectivity index is 1.41. The summed E-state index contributed by atoms with van der Waals surface area (Å²) in [5.74, 6) is 0.902. The number of methoxy groups -OCH3 is 1. The fourth-order valence-corrected chi connectivity index (χ4v) is 6.43. The molecule has 0 N–H and O–H groups in total. The molecular weight excluding hydrogens is 404 g/mol. The van der Waals surface area contributed by atoms with Gasteiger partial charge in [0, 0.05) is 37.3 Å². The van der Waals surface area contributed by atoms with Gasteiger partial charge >= 0.3 is 0 Å². The van der Waals surface area contributed by atoms with E-state index >= 15 is 0 Å². The molecule has 166 valence electrons. The Hall–Kier alpha value is -1.64. The number of ether oxygens (including phenoxy) is 2.